The fourth-order valence-corrected chi connectivity index (χ4v) is 3.93. The molecule has 2 heterocycles. The number of benzene rings is 1. The Balaban J connectivity index is 1.63. The van der Waals surface area contributed by atoms with Gasteiger partial charge in [0.15, 0.2) is 5.13 Å². The van der Waals surface area contributed by atoms with Crippen LogP contribution in [0.15, 0.2) is 24.3 Å². The molecule has 1 aromatic carbocycles. The van der Waals surface area contributed by atoms with Crippen molar-refractivity contribution in [2.24, 2.45) is 5.92 Å². The van der Waals surface area contributed by atoms with Crippen molar-refractivity contribution in [2.75, 3.05) is 18.4 Å². The van der Waals surface area contributed by atoms with Crippen molar-refractivity contribution in [3.05, 3.63) is 46.0 Å². The van der Waals surface area contributed by atoms with Crippen LogP contribution in [0.4, 0.5) is 5.13 Å². The van der Waals surface area contributed by atoms with E-state index in [9.17, 15) is 4.79 Å². The minimum atomic E-state index is -0.0953. The molecule has 0 unspecified atom stereocenters. The summed E-state index contributed by atoms with van der Waals surface area (Å²) in [7, 11) is 0. The van der Waals surface area contributed by atoms with Crippen LogP contribution in [0.1, 0.15) is 46.3 Å². The fraction of sp³-hybridized carbons (Fsp3) is 0.474. The number of hydrogen-bond donors (Lipinski definition) is 1. The minimum absolute atomic E-state index is 0.0953. The third kappa shape index (κ3) is 4.22. The average Bonchev–Trinajstić information content (AvgIpc) is 2.89. The topological polar surface area (TPSA) is 45.2 Å². The molecule has 1 amide bonds. The highest BCUT2D eigenvalue weighted by atomic mass is 32.1. The van der Waals surface area contributed by atoms with Gasteiger partial charge in [-0.15, -0.1) is 11.3 Å². The maximum absolute atomic E-state index is 12.3. The zero-order chi connectivity index (χ0) is 17.1. The number of carbonyl (C=O) groups is 1. The molecule has 1 aliphatic heterocycles. The van der Waals surface area contributed by atoms with Crippen LogP contribution in [-0.2, 0) is 6.54 Å². The van der Waals surface area contributed by atoms with Gasteiger partial charge in [0.25, 0.3) is 5.91 Å². The van der Waals surface area contributed by atoms with Gasteiger partial charge >= 0.3 is 0 Å². The van der Waals surface area contributed by atoms with Crippen molar-refractivity contribution < 1.29 is 4.79 Å². The van der Waals surface area contributed by atoms with Crippen molar-refractivity contribution in [3.63, 3.8) is 0 Å². The molecule has 1 saturated heterocycles. The van der Waals surface area contributed by atoms with Gasteiger partial charge in [-0.1, -0.05) is 24.6 Å². The molecule has 0 bridgehead atoms. The van der Waals surface area contributed by atoms with Gasteiger partial charge in [0.05, 0.1) is 5.69 Å². The molecule has 2 aromatic rings. The van der Waals surface area contributed by atoms with Gasteiger partial charge in [-0.3, -0.25) is 15.0 Å². The lowest BCUT2D eigenvalue weighted by Crippen LogP contribution is -2.32. The number of piperidine rings is 1. The fourth-order valence-electron chi connectivity index (χ4n) is 2.93. The van der Waals surface area contributed by atoms with E-state index in [4.69, 9.17) is 0 Å². The van der Waals surface area contributed by atoms with Gasteiger partial charge in [-0.25, -0.2) is 4.98 Å². The molecule has 1 N–H and O–H groups in total. The smallest absolute Gasteiger partial charge is 0.257 e. The summed E-state index contributed by atoms with van der Waals surface area (Å²) < 4.78 is 0. The summed E-state index contributed by atoms with van der Waals surface area (Å²) >= 11 is 1.60. The molecule has 1 fully saturated rings. The Morgan fingerprint density at radius 2 is 1.92 bits per heavy atom. The molecule has 4 nitrogen and oxygen atoms in total. The lowest BCUT2D eigenvalue weighted by molar-refractivity contribution is 0.102. The SMILES string of the molecule is Cc1ccc(C(=O)Nc2nc(C)c(CN3CCC(C)CC3)s2)cc1. The second-order valence-electron chi connectivity index (χ2n) is 6.81. The Morgan fingerprint density at radius 3 is 2.58 bits per heavy atom. The lowest BCUT2D eigenvalue weighted by Gasteiger charge is -2.29. The molecular formula is C19H25N3OS. The highest BCUT2D eigenvalue weighted by Gasteiger charge is 2.18. The van der Waals surface area contributed by atoms with Gasteiger partial charge in [-0.05, 0) is 57.8 Å². The number of rotatable bonds is 4. The number of amides is 1. The van der Waals surface area contributed by atoms with Gasteiger partial charge in [0.1, 0.15) is 0 Å². The molecule has 0 saturated carbocycles. The summed E-state index contributed by atoms with van der Waals surface area (Å²) in [4.78, 5) is 20.6. The van der Waals surface area contributed by atoms with E-state index in [1.165, 1.54) is 17.7 Å². The first-order valence-corrected chi connectivity index (χ1v) is 9.39. The Kier molecular flexibility index (Phi) is 5.31. The molecule has 0 aliphatic carbocycles. The number of hydrogen-bond acceptors (Lipinski definition) is 4. The maximum Gasteiger partial charge on any atom is 0.257 e. The normalized spacial score (nSPS) is 16.3. The first kappa shape index (κ1) is 17.1. The van der Waals surface area contributed by atoms with Gasteiger partial charge in [-0.2, -0.15) is 0 Å². The van der Waals surface area contributed by atoms with Crippen molar-refractivity contribution in [1.82, 2.24) is 9.88 Å². The Labute approximate surface area is 147 Å². The quantitative estimate of drug-likeness (QED) is 0.903. The Morgan fingerprint density at radius 1 is 1.25 bits per heavy atom. The van der Waals surface area contributed by atoms with E-state index in [0.717, 1.165) is 36.8 Å². The summed E-state index contributed by atoms with van der Waals surface area (Å²) in [5, 5.41) is 3.63. The molecule has 128 valence electrons. The monoisotopic (exact) mass is 343 g/mol. The van der Waals surface area contributed by atoms with Crippen LogP contribution in [0.25, 0.3) is 0 Å². The van der Waals surface area contributed by atoms with Crippen LogP contribution >= 0.6 is 11.3 Å². The first-order valence-electron chi connectivity index (χ1n) is 8.58. The predicted molar refractivity (Wildman–Crippen MR) is 99.7 cm³/mol. The highest BCUT2D eigenvalue weighted by Crippen LogP contribution is 2.26. The van der Waals surface area contributed by atoms with E-state index in [0.29, 0.717) is 10.7 Å². The van der Waals surface area contributed by atoms with E-state index in [1.807, 2.05) is 38.1 Å². The Hall–Kier alpha value is -1.72. The van der Waals surface area contributed by atoms with Crippen LogP contribution in [0.5, 0.6) is 0 Å². The number of likely N-dealkylation sites (tertiary alicyclic amines) is 1. The second kappa shape index (κ2) is 7.45. The van der Waals surface area contributed by atoms with Crippen LogP contribution in [0, 0.1) is 19.8 Å². The van der Waals surface area contributed by atoms with Crippen molar-refractivity contribution >= 4 is 22.4 Å². The number of aryl methyl sites for hydroxylation is 2. The number of carbonyl (C=O) groups excluding carboxylic acids is 1. The van der Waals surface area contributed by atoms with Crippen LogP contribution < -0.4 is 5.32 Å². The summed E-state index contributed by atoms with van der Waals surface area (Å²) in [6.07, 6.45) is 2.55. The molecule has 24 heavy (non-hydrogen) atoms. The van der Waals surface area contributed by atoms with E-state index in [1.54, 1.807) is 11.3 Å². The summed E-state index contributed by atoms with van der Waals surface area (Å²) in [6.45, 7) is 9.62. The van der Waals surface area contributed by atoms with E-state index in [2.05, 4.69) is 22.1 Å². The number of aromatic nitrogens is 1. The third-order valence-corrected chi connectivity index (χ3v) is 5.73. The van der Waals surface area contributed by atoms with Gasteiger partial charge < -0.3 is 0 Å². The van der Waals surface area contributed by atoms with Crippen LogP contribution in [0.3, 0.4) is 0 Å². The maximum atomic E-state index is 12.3. The van der Waals surface area contributed by atoms with E-state index >= 15 is 0 Å². The van der Waals surface area contributed by atoms with Crippen molar-refractivity contribution in [3.8, 4) is 0 Å². The largest absolute Gasteiger partial charge is 0.298 e. The zero-order valence-corrected chi connectivity index (χ0v) is 15.4. The van der Waals surface area contributed by atoms with Gasteiger partial charge in [0.2, 0.25) is 0 Å². The summed E-state index contributed by atoms with van der Waals surface area (Å²) in [5.74, 6) is 0.746. The predicted octanol–water partition coefficient (Wildman–Crippen LogP) is 4.24. The molecule has 0 atom stereocenters. The van der Waals surface area contributed by atoms with Crippen molar-refractivity contribution in [2.45, 2.75) is 40.2 Å². The Bertz CT molecular complexity index is 700. The average molecular weight is 343 g/mol. The molecular weight excluding hydrogens is 318 g/mol. The van der Waals surface area contributed by atoms with E-state index in [-0.39, 0.29) is 5.91 Å². The lowest BCUT2D eigenvalue weighted by atomic mass is 9.99. The zero-order valence-electron chi connectivity index (χ0n) is 14.6. The number of thiazole rings is 1. The number of nitrogens with one attached hydrogen (secondary N) is 1. The second-order valence-corrected chi connectivity index (χ2v) is 7.89. The highest BCUT2D eigenvalue weighted by molar-refractivity contribution is 7.15. The third-order valence-electron chi connectivity index (χ3n) is 4.67. The van der Waals surface area contributed by atoms with Crippen molar-refractivity contribution in [1.29, 1.82) is 0 Å². The molecule has 5 heteroatoms. The molecule has 1 aliphatic rings. The number of nitrogens with zero attached hydrogens (tertiary/aromatic N) is 2. The molecule has 1 aromatic heterocycles. The summed E-state index contributed by atoms with van der Waals surface area (Å²) in [5.41, 5.74) is 2.84. The molecule has 0 spiro atoms. The van der Waals surface area contributed by atoms with E-state index < -0.39 is 0 Å². The standard InChI is InChI=1S/C19H25N3OS/c1-13-4-6-16(7-5-13)18(23)21-19-20-15(3)17(24-19)12-22-10-8-14(2)9-11-22/h4-7,14H,8-12H2,1-3H3,(H,20,21,23). The molecule has 0 radical (unpaired) electrons. The van der Waals surface area contributed by atoms with Crippen LogP contribution in [-0.4, -0.2) is 28.9 Å². The first-order chi connectivity index (χ1) is 11.5. The molecule has 3 rings (SSSR count). The number of anilines is 1. The minimum Gasteiger partial charge on any atom is -0.298 e. The summed E-state index contributed by atoms with van der Waals surface area (Å²) in [6, 6.07) is 7.59. The van der Waals surface area contributed by atoms with Crippen LogP contribution in [0.2, 0.25) is 0 Å². The van der Waals surface area contributed by atoms with Gasteiger partial charge in [0, 0.05) is 17.0 Å².